The first-order valence-corrected chi connectivity index (χ1v) is 23.8. The van der Waals surface area contributed by atoms with Crippen molar-refractivity contribution in [3.8, 4) is 57.4 Å². The van der Waals surface area contributed by atoms with Crippen molar-refractivity contribution in [1.29, 1.82) is 0 Å². The van der Waals surface area contributed by atoms with Crippen LogP contribution in [0.15, 0.2) is 85.7 Å². The predicted molar refractivity (Wildman–Crippen MR) is 240 cm³/mol. The maximum Gasteiger partial charge on any atom is 0.186 e. The van der Waals surface area contributed by atoms with E-state index in [0.29, 0.717) is 57.4 Å². The van der Waals surface area contributed by atoms with Crippen LogP contribution in [0.2, 0.25) is 0 Å². The number of hydrogen-bond acceptors (Lipinski definition) is 18. The van der Waals surface area contributed by atoms with Crippen LogP contribution in [-0.2, 0) is 44.0 Å². The third-order valence-corrected chi connectivity index (χ3v) is 14.5. The number of sulfone groups is 2. The second kappa shape index (κ2) is 20.8. The predicted octanol–water partition coefficient (Wildman–Crippen LogP) is 4.30. The van der Waals surface area contributed by atoms with Crippen LogP contribution in [-0.4, -0.2) is 126 Å². The molecule has 26 heteroatoms. The van der Waals surface area contributed by atoms with Gasteiger partial charge in [-0.3, -0.25) is 19.3 Å². The molecule has 0 aliphatic carbocycles. The summed E-state index contributed by atoms with van der Waals surface area (Å²) in [5.41, 5.74) is 1.94. The Balaban J connectivity index is 0.000000201. The number of nitrogens with zero attached hydrogens (tertiary/aromatic N) is 12. The Morgan fingerprint density at radius 1 is 0.544 bits per heavy atom. The molecule has 0 aliphatic heterocycles. The summed E-state index contributed by atoms with van der Waals surface area (Å²) in [6, 6.07) is 13.8. The number of halogens is 2. The van der Waals surface area contributed by atoms with Gasteiger partial charge in [-0.15, -0.1) is 20.4 Å². The minimum absolute atomic E-state index is 0.0160. The van der Waals surface area contributed by atoms with Gasteiger partial charge in [-0.25, -0.2) is 45.6 Å². The van der Waals surface area contributed by atoms with Gasteiger partial charge in [-0.1, -0.05) is 12.1 Å². The van der Waals surface area contributed by atoms with E-state index in [9.17, 15) is 25.6 Å². The summed E-state index contributed by atoms with van der Waals surface area (Å²) in [4.78, 5) is 15.4. The van der Waals surface area contributed by atoms with E-state index in [4.69, 9.17) is 18.9 Å². The van der Waals surface area contributed by atoms with Gasteiger partial charge in [0.15, 0.2) is 54.6 Å². The third-order valence-electron chi connectivity index (χ3n) is 10.4. The molecule has 0 saturated heterocycles. The highest BCUT2D eigenvalue weighted by atomic mass is 32.2. The van der Waals surface area contributed by atoms with E-state index in [-0.39, 0.29) is 36.1 Å². The first-order valence-electron chi connectivity index (χ1n) is 20.3. The lowest BCUT2D eigenvalue weighted by Crippen LogP contribution is -2.24. The Labute approximate surface area is 388 Å². The largest absolute Gasteiger partial charge is 0.494 e. The van der Waals surface area contributed by atoms with Gasteiger partial charge in [0.05, 0.1) is 63.7 Å². The lowest BCUT2D eigenvalue weighted by molar-refractivity contribution is 0.390. The van der Waals surface area contributed by atoms with Crippen LogP contribution >= 0.6 is 0 Å². The number of para-hydroxylation sites is 2. The van der Waals surface area contributed by atoms with Gasteiger partial charge in [-0.2, -0.15) is 10.2 Å². The number of benzene rings is 2. The third kappa shape index (κ3) is 10.6. The smallest absolute Gasteiger partial charge is 0.186 e. The fourth-order valence-electron chi connectivity index (χ4n) is 6.81. The summed E-state index contributed by atoms with van der Waals surface area (Å²) in [7, 11) is -1.50. The number of rotatable bonds is 18. The van der Waals surface area contributed by atoms with Gasteiger partial charge in [0.2, 0.25) is 0 Å². The van der Waals surface area contributed by atoms with Gasteiger partial charge < -0.3 is 18.9 Å². The minimum atomic E-state index is -3.75. The van der Waals surface area contributed by atoms with Crippen LogP contribution in [0.5, 0.6) is 23.0 Å². The molecule has 0 radical (unpaired) electrons. The molecule has 2 N–H and O–H groups in total. The first kappa shape index (κ1) is 48.2. The van der Waals surface area contributed by atoms with Gasteiger partial charge >= 0.3 is 0 Å². The van der Waals surface area contributed by atoms with Gasteiger partial charge in [0.25, 0.3) is 0 Å². The quantitative estimate of drug-likeness (QED) is 0.121. The number of aromatic nitrogens is 14. The van der Waals surface area contributed by atoms with E-state index in [1.165, 1.54) is 28.4 Å². The molecule has 0 spiro atoms. The van der Waals surface area contributed by atoms with Crippen molar-refractivity contribution in [3.05, 3.63) is 121 Å². The summed E-state index contributed by atoms with van der Waals surface area (Å²) in [5.74, 6) is 1.12. The number of hydrogen-bond donors (Lipinski definition) is 2. The molecular weight excluding hydrogens is 931 g/mol. The number of ether oxygens (including phenoxy) is 4. The van der Waals surface area contributed by atoms with Crippen LogP contribution in [0.4, 0.5) is 8.78 Å². The molecule has 6 heterocycles. The summed E-state index contributed by atoms with van der Waals surface area (Å²) >= 11 is 0. The second-order valence-corrected chi connectivity index (χ2v) is 19.6. The molecule has 0 bridgehead atoms. The average molecular weight is 975 g/mol. The van der Waals surface area contributed by atoms with Crippen LogP contribution in [0.3, 0.4) is 0 Å². The average Bonchev–Trinajstić information content (AvgIpc) is 4.19. The van der Waals surface area contributed by atoms with Crippen molar-refractivity contribution in [2.24, 2.45) is 0 Å². The maximum atomic E-state index is 13.3. The van der Waals surface area contributed by atoms with E-state index in [2.05, 4.69) is 60.7 Å². The van der Waals surface area contributed by atoms with Gasteiger partial charge in [0, 0.05) is 25.2 Å². The molecule has 68 heavy (non-hydrogen) atoms. The zero-order valence-corrected chi connectivity index (χ0v) is 38.9. The molecule has 0 aliphatic rings. The van der Waals surface area contributed by atoms with Gasteiger partial charge in [0.1, 0.15) is 68.9 Å². The highest BCUT2D eigenvalue weighted by Gasteiger charge is 2.31. The second-order valence-electron chi connectivity index (χ2n) is 14.8. The topological polar surface area (TPSA) is 276 Å². The van der Waals surface area contributed by atoms with E-state index in [1.54, 1.807) is 83.9 Å². The highest BCUT2D eigenvalue weighted by Crippen LogP contribution is 2.38. The van der Waals surface area contributed by atoms with Gasteiger partial charge in [-0.05, 0) is 50.2 Å². The Bertz CT molecular complexity index is 2910. The molecule has 0 unspecified atom stereocenters. The Morgan fingerprint density at radius 3 is 1.18 bits per heavy atom. The summed E-state index contributed by atoms with van der Waals surface area (Å²) in [6.07, 6.45) is 7.14. The molecule has 2 aromatic carbocycles. The van der Waals surface area contributed by atoms with Crippen LogP contribution in [0.25, 0.3) is 34.4 Å². The zero-order valence-electron chi connectivity index (χ0n) is 37.3. The fraction of sp³-hybridized carbons (Fsp3) is 0.286. The SMILES string of the molecule is COc1cccc(OC)c1-n1c(CS(=O)(=O)[C@@H](C)Cc2ncc(F)cn2)nnc1-c1ccn[nH]1.COc1cccc(OC)c1-n1c(CS(=O)(=O)[C@H](C)Cc2ncc(F)cn2)nnc1-c1ccn[nH]1. The molecule has 0 amide bonds. The van der Waals surface area contributed by atoms with E-state index in [0.717, 1.165) is 24.8 Å². The lowest BCUT2D eigenvalue weighted by atomic mass is 10.2. The maximum absolute atomic E-state index is 13.3. The zero-order chi connectivity index (χ0) is 48.6. The Hall–Kier alpha value is -7.74. The van der Waals surface area contributed by atoms with E-state index in [1.807, 2.05) is 0 Å². The normalized spacial score (nSPS) is 12.5. The van der Waals surface area contributed by atoms with Crippen molar-refractivity contribution in [2.45, 2.75) is 48.7 Å². The van der Waals surface area contributed by atoms with E-state index < -0.39 is 53.3 Å². The van der Waals surface area contributed by atoms with Crippen molar-refractivity contribution >= 4 is 19.7 Å². The van der Waals surface area contributed by atoms with Crippen LogP contribution in [0, 0.1) is 11.6 Å². The van der Waals surface area contributed by atoms with Crippen molar-refractivity contribution < 1.29 is 44.6 Å². The molecule has 8 rings (SSSR count). The van der Waals surface area contributed by atoms with Crippen LogP contribution < -0.4 is 18.9 Å². The molecule has 0 fully saturated rings. The molecular formula is C42H44F2N14O8S2. The number of nitrogens with one attached hydrogen (secondary N) is 2. The monoisotopic (exact) mass is 974 g/mol. The lowest BCUT2D eigenvalue weighted by Gasteiger charge is -2.18. The van der Waals surface area contributed by atoms with E-state index >= 15 is 0 Å². The summed E-state index contributed by atoms with van der Waals surface area (Å²) in [6.45, 7) is 3.09. The highest BCUT2D eigenvalue weighted by molar-refractivity contribution is 7.91. The van der Waals surface area contributed by atoms with Crippen molar-refractivity contribution in [1.82, 2.24) is 69.9 Å². The molecule has 22 nitrogen and oxygen atoms in total. The molecule has 2 atom stereocenters. The summed E-state index contributed by atoms with van der Waals surface area (Å²) in [5, 5.41) is 28.6. The van der Waals surface area contributed by atoms with Crippen molar-refractivity contribution in [3.63, 3.8) is 0 Å². The Kier molecular flexibility index (Phi) is 14.8. The number of H-pyrrole nitrogens is 2. The summed E-state index contributed by atoms with van der Waals surface area (Å²) < 4.78 is 105. The number of methoxy groups -OCH3 is 4. The van der Waals surface area contributed by atoms with Crippen molar-refractivity contribution in [2.75, 3.05) is 28.4 Å². The first-order chi connectivity index (χ1) is 32.7. The molecule has 0 saturated carbocycles. The Morgan fingerprint density at radius 2 is 0.882 bits per heavy atom. The van der Waals surface area contributed by atoms with Crippen LogP contribution in [0.1, 0.15) is 37.1 Å². The fourth-order valence-corrected chi connectivity index (χ4v) is 9.27. The number of aromatic amines is 2. The minimum Gasteiger partial charge on any atom is -0.494 e. The molecule has 8 aromatic rings. The standard InChI is InChI=1S/2C21H22FN7O4S/c2*1-13(9-18-23-10-14(22)11-24-18)34(30,31)12-19-27-28-21(15-7-8-25-26-15)29(19)20-16(32-2)5-4-6-17(20)33-3/h2*4-8,10-11,13H,9,12H2,1-3H3,(H,25,26)/t2*13-/m10/s1. The molecule has 6 aromatic heterocycles. The molecule has 356 valence electrons.